The van der Waals surface area contributed by atoms with E-state index in [9.17, 15) is 44.2 Å². The summed E-state index contributed by atoms with van der Waals surface area (Å²) in [6.07, 6.45) is 1.98. The first kappa shape index (κ1) is 32.2. The van der Waals surface area contributed by atoms with Crippen molar-refractivity contribution in [3.8, 4) is 11.5 Å². The minimum absolute atomic E-state index is 0.0613. The Morgan fingerprint density at radius 2 is 1.55 bits per heavy atom. The van der Waals surface area contributed by atoms with Crippen LogP contribution >= 0.6 is 15.0 Å². The molecule has 12 heteroatoms. The van der Waals surface area contributed by atoms with E-state index < -0.39 is 32.3 Å². The largest absolute Gasteiger partial charge is 0.508 e. The lowest BCUT2D eigenvalue weighted by molar-refractivity contribution is 0.203. The maximum absolute atomic E-state index is 12.9. The van der Waals surface area contributed by atoms with Crippen LogP contribution in [0.25, 0.3) is 0 Å². The van der Waals surface area contributed by atoms with E-state index in [4.69, 9.17) is 0 Å². The number of aromatic hydroxyl groups is 2. The van der Waals surface area contributed by atoms with Crippen molar-refractivity contribution >= 4 is 15.0 Å². The van der Waals surface area contributed by atoms with E-state index in [-0.39, 0.29) is 57.1 Å². The normalized spacial score (nSPS) is 16.1. The van der Waals surface area contributed by atoms with Gasteiger partial charge < -0.3 is 35.1 Å². The van der Waals surface area contributed by atoms with Gasteiger partial charge in [0.15, 0.2) is 0 Å². The number of phenolic OH excluding ortho intramolecular Hbond substituents is 2. The molecule has 0 fully saturated rings. The highest BCUT2D eigenvalue weighted by Gasteiger charge is 2.35. The maximum Gasteiger partial charge on any atom is 0.328 e. The van der Waals surface area contributed by atoms with Crippen molar-refractivity contribution in [1.82, 2.24) is 4.90 Å². The van der Waals surface area contributed by atoms with Gasteiger partial charge in [-0.05, 0) is 66.6 Å². The Bertz CT molecular complexity index is 1180. The maximum atomic E-state index is 12.9. The van der Waals surface area contributed by atoms with E-state index >= 15 is 0 Å². The third-order valence-corrected chi connectivity index (χ3v) is 9.99. The molecule has 2 aromatic rings. The molecule has 10 nitrogen and oxygen atoms in total. The van der Waals surface area contributed by atoms with E-state index in [0.717, 1.165) is 0 Å². The zero-order chi connectivity index (χ0) is 28.7. The van der Waals surface area contributed by atoms with Gasteiger partial charge in [-0.2, -0.15) is 0 Å². The second-order valence-corrected chi connectivity index (χ2v) is 14.2. The third-order valence-electron chi connectivity index (χ3n) is 6.87. The fraction of sp³-hybridized carbons (Fsp3) is 0.462. The average molecular weight is 572 g/mol. The molecule has 0 spiro atoms. The van der Waals surface area contributed by atoms with Gasteiger partial charge in [0, 0.05) is 18.8 Å². The molecule has 3 unspecified atom stereocenters. The Morgan fingerprint density at radius 3 is 2.08 bits per heavy atom. The van der Waals surface area contributed by atoms with Crippen molar-refractivity contribution in [2.75, 3.05) is 13.2 Å². The van der Waals surface area contributed by atoms with Gasteiger partial charge in [0.2, 0.25) is 7.37 Å². The molecule has 0 aliphatic heterocycles. The summed E-state index contributed by atoms with van der Waals surface area (Å²) in [7, 11) is -8.24. The monoisotopic (exact) mass is 571 g/mol. The van der Waals surface area contributed by atoms with Crippen LogP contribution in [0.15, 0.2) is 49.1 Å². The first-order valence-corrected chi connectivity index (χ1v) is 16.1. The number of benzene rings is 2. The summed E-state index contributed by atoms with van der Waals surface area (Å²) >= 11 is 0. The molecule has 4 atom stereocenters. The molecule has 0 saturated heterocycles. The summed E-state index contributed by atoms with van der Waals surface area (Å²) in [6, 6.07) is 9.22. The first-order valence-electron chi connectivity index (χ1n) is 12.2. The number of nitrogens with zero attached hydrogens (tertiary/aromatic N) is 1. The molecule has 212 valence electrons. The molecule has 7 N–H and O–H groups in total. The van der Waals surface area contributed by atoms with Crippen LogP contribution in [0, 0.1) is 5.92 Å². The number of rotatable bonds is 15. The van der Waals surface area contributed by atoms with E-state index in [2.05, 4.69) is 6.58 Å². The van der Waals surface area contributed by atoms with Crippen molar-refractivity contribution in [3.63, 3.8) is 0 Å². The summed E-state index contributed by atoms with van der Waals surface area (Å²) in [5.41, 5.74) is 0.847. The van der Waals surface area contributed by atoms with Crippen molar-refractivity contribution in [1.29, 1.82) is 0 Å². The van der Waals surface area contributed by atoms with E-state index in [1.54, 1.807) is 29.2 Å². The zero-order valence-electron chi connectivity index (χ0n) is 21.7. The van der Waals surface area contributed by atoms with Gasteiger partial charge in [-0.1, -0.05) is 31.2 Å². The second-order valence-electron chi connectivity index (χ2n) is 9.74. The van der Waals surface area contributed by atoms with E-state index in [1.165, 1.54) is 31.8 Å². The molecule has 0 aliphatic carbocycles. The van der Waals surface area contributed by atoms with E-state index in [0.29, 0.717) is 22.3 Å². The fourth-order valence-electron chi connectivity index (χ4n) is 4.49. The van der Waals surface area contributed by atoms with Gasteiger partial charge in [0.05, 0.1) is 24.7 Å². The van der Waals surface area contributed by atoms with Crippen LogP contribution in [0.4, 0.5) is 0 Å². The van der Waals surface area contributed by atoms with Crippen LogP contribution in [0.1, 0.15) is 42.0 Å². The van der Waals surface area contributed by atoms with Gasteiger partial charge in [0.1, 0.15) is 11.5 Å². The zero-order valence-corrected chi connectivity index (χ0v) is 23.5. The van der Waals surface area contributed by atoms with Crippen LogP contribution in [0.5, 0.6) is 11.5 Å². The standard InChI is InChI=1S/C26H39NO9P2/c1-4-5-26(37(3,32)33)27(15-22-8-6-20(17-29)13-25(22)31)11-10-21(18(2)38(34,35)36)14-23-12-19(16-28)7-9-24(23)30/h4,6-9,12-13,18,21,26,28-31H,1,5,10-11,14-17H2,2-3H3,(H,32,33)(H2,34,35,36)/t18?,21-,26?/m1/s1. The van der Waals surface area contributed by atoms with Crippen LogP contribution in [0.3, 0.4) is 0 Å². The highest BCUT2D eigenvalue weighted by atomic mass is 31.2. The van der Waals surface area contributed by atoms with Gasteiger partial charge in [-0.25, -0.2) is 0 Å². The predicted octanol–water partition coefficient (Wildman–Crippen LogP) is 3.50. The molecule has 0 aromatic heterocycles. The first-order chi connectivity index (χ1) is 17.7. The highest BCUT2D eigenvalue weighted by Crippen LogP contribution is 2.49. The average Bonchev–Trinajstić information content (AvgIpc) is 2.84. The molecule has 0 amide bonds. The van der Waals surface area contributed by atoms with Gasteiger partial charge in [0.25, 0.3) is 0 Å². The number of phenols is 2. The molecular weight excluding hydrogens is 532 g/mol. The molecule has 0 bridgehead atoms. The third kappa shape index (κ3) is 9.04. The summed E-state index contributed by atoms with van der Waals surface area (Å²) in [5.74, 6) is -1.65. The molecule has 2 rings (SSSR count). The number of aliphatic hydroxyl groups is 2. The van der Waals surface area contributed by atoms with Gasteiger partial charge in [-0.3, -0.25) is 14.0 Å². The number of aliphatic hydroxyl groups excluding tert-OH is 2. The lowest BCUT2D eigenvalue weighted by Gasteiger charge is -2.35. The van der Waals surface area contributed by atoms with Gasteiger partial charge >= 0.3 is 7.60 Å². The Morgan fingerprint density at radius 1 is 0.947 bits per heavy atom. The Kier molecular flexibility index (Phi) is 11.8. The Balaban J connectivity index is 2.44. The molecule has 0 saturated carbocycles. The van der Waals surface area contributed by atoms with Crippen LogP contribution in [-0.4, -0.2) is 64.7 Å². The molecule has 38 heavy (non-hydrogen) atoms. The van der Waals surface area contributed by atoms with Crippen LogP contribution in [-0.2, 0) is 35.3 Å². The fourth-order valence-corrected chi connectivity index (χ4v) is 6.64. The SMILES string of the molecule is C=CCC(N(CC[C@H](Cc1cc(CO)ccc1O)C(C)P(=O)(O)O)Cc1ccc(CO)cc1O)P(C)(=O)O. The Labute approximate surface area is 223 Å². The topological polar surface area (TPSA) is 179 Å². The second kappa shape index (κ2) is 13.9. The van der Waals surface area contributed by atoms with Crippen molar-refractivity contribution < 1.29 is 44.2 Å². The van der Waals surface area contributed by atoms with Gasteiger partial charge in [-0.15, -0.1) is 6.58 Å². The summed E-state index contributed by atoms with van der Waals surface area (Å²) < 4.78 is 25.1. The smallest absolute Gasteiger partial charge is 0.328 e. The summed E-state index contributed by atoms with van der Waals surface area (Å²) in [6.45, 7) is 6.05. The van der Waals surface area contributed by atoms with Crippen molar-refractivity contribution in [2.45, 2.75) is 57.4 Å². The highest BCUT2D eigenvalue weighted by molar-refractivity contribution is 7.57. The van der Waals surface area contributed by atoms with E-state index in [1.807, 2.05) is 0 Å². The Hall–Kier alpha value is -2.00. The molecule has 0 aliphatic rings. The molecule has 2 aromatic carbocycles. The number of hydrogen-bond acceptors (Lipinski definition) is 7. The minimum Gasteiger partial charge on any atom is -0.508 e. The van der Waals surface area contributed by atoms with Crippen LogP contribution < -0.4 is 0 Å². The summed E-state index contributed by atoms with van der Waals surface area (Å²) in [5, 5.41) is 39.7. The van der Waals surface area contributed by atoms with Crippen molar-refractivity contribution in [3.05, 3.63) is 71.3 Å². The predicted molar refractivity (Wildman–Crippen MR) is 146 cm³/mol. The lowest BCUT2D eigenvalue weighted by Crippen LogP contribution is -2.37. The minimum atomic E-state index is -4.53. The van der Waals surface area contributed by atoms with Crippen molar-refractivity contribution in [2.24, 2.45) is 5.92 Å². The quantitative estimate of drug-likeness (QED) is 0.124. The summed E-state index contributed by atoms with van der Waals surface area (Å²) in [4.78, 5) is 32.1. The molecule has 0 heterocycles. The number of hydrogen-bond donors (Lipinski definition) is 7. The molecular formula is C26H39NO9P2. The lowest BCUT2D eigenvalue weighted by atomic mass is 9.91. The van der Waals surface area contributed by atoms with Crippen LogP contribution in [0.2, 0.25) is 0 Å². The molecule has 0 radical (unpaired) electrons.